The maximum atomic E-state index is 12.6. The van der Waals surface area contributed by atoms with Crippen LogP contribution < -0.4 is 15.8 Å². The normalized spacial score (nSPS) is 11.8. The van der Waals surface area contributed by atoms with Gasteiger partial charge in [-0.1, -0.05) is 19.9 Å². The van der Waals surface area contributed by atoms with Crippen molar-refractivity contribution in [1.82, 2.24) is 5.32 Å². The Labute approximate surface area is 168 Å². The number of carbonyl (C=O) groups excluding carboxylic acids is 2. The van der Waals surface area contributed by atoms with E-state index in [2.05, 4.69) is 19.2 Å². The van der Waals surface area contributed by atoms with Crippen LogP contribution in [0.3, 0.4) is 0 Å². The van der Waals surface area contributed by atoms with Crippen LogP contribution in [0.1, 0.15) is 45.5 Å². The lowest BCUT2D eigenvalue weighted by atomic mass is 10.0. The average Bonchev–Trinajstić information content (AvgIpc) is 3.21. The molecule has 0 spiro atoms. The lowest BCUT2D eigenvalue weighted by Crippen LogP contribution is -2.31. The van der Waals surface area contributed by atoms with Crippen molar-refractivity contribution in [2.24, 2.45) is 11.7 Å². The molecule has 0 aliphatic heterocycles. The molecule has 3 N–H and O–H groups in total. The Bertz CT molecular complexity index is 933. The third-order valence-electron chi connectivity index (χ3n) is 4.29. The Hall–Kier alpha value is -3.12. The van der Waals surface area contributed by atoms with Gasteiger partial charge in [-0.2, -0.15) is 0 Å². The Balaban J connectivity index is 1.66. The van der Waals surface area contributed by atoms with E-state index in [1.807, 2.05) is 17.5 Å². The summed E-state index contributed by atoms with van der Waals surface area (Å²) in [4.78, 5) is 24.9. The van der Waals surface area contributed by atoms with Crippen molar-refractivity contribution in [3.8, 4) is 11.5 Å². The molecule has 0 radical (unpaired) electrons. The molecule has 0 aliphatic carbocycles. The monoisotopic (exact) mass is 394 g/mol. The van der Waals surface area contributed by atoms with Crippen molar-refractivity contribution >= 4 is 23.2 Å². The van der Waals surface area contributed by atoms with Crippen molar-refractivity contribution in [2.75, 3.05) is 0 Å². The van der Waals surface area contributed by atoms with E-state index in [1.54, 1.807) is 59.9 Å². The summed E-state index contributed by atoms with van der Waals surface area (Å²) in [6.07, 6.45) is 0. The van der Waals surface area contributed by atoms with Gasteiger partial charge in [-0.25, -0.2) is 0 Å². The molecule has 0 aliphatic rings. The van der Waals surface area contributed by atoms with Crippen LogP contribution in [0.25, 0.3) is 0 Å². The minimum atomic E-state index is -0.482. The van der Waals surface area contributed by atoms with Crippen LogP contribution in [-0.2, 0) is 0 Å². The molecule has 0 saturated carbocycles. The zero-order valence-corrected chi connectivity index (χ0v) is 16.5. The highest BCUT2D eigenvalue weighted by Gasteiger charge is 2.20. The molecule has 0 saturated heterocycles. The minimum Gasteiger partial charge on any atom is -0.457 e. The summed E-state index contributed by atoms with van der Waals surface area (Å²) in [7, 11) is 0. The summed E-state index contributed by atoms with van der Waals surface area (Å²) in [5.41, 5.74) is 6.22. The molecule has 2 amide bonds. The maximum Gasteiger partial charge on any atom is 0.251 e. The Morgan fingerprint density at radius 3 is 1.96 bits per heavy atom. The van der Waals surface area contributed by atoms with Crippen molar-refractivity contribution in [3.63, 3.8) is 0 Å². The highest BCUT2D eigenvalue weighted by atomic mass is 32.1. The number of ether oxygens (including phenoxy) is 1. The summed E-state index contributed by atoms with van der Waals surface area (Å²) in [6.45, 7) is 4.18. The van der Waals surface area contributed by atoms with Crippen molar-refractivity contribution in [1.29, 1.82) is 0 Å². The molecular formula is C22H22N2O3S. The predicted octanol–water partition coefficient (Wildman–Crippen LogP) is 4.77. The summed E-state index contributed by atoms with van der Waals surface area (Å²) in [6, 6.07) is 17.5. The van der Waals surface area contributed by atoms with Crippen LogP contribution in [0.15, 0.2) is 66.0 Å². The van der Waals surface area contributed by atoms with Crippen molar-refractivity contribution in [2.45, 2.75) is 19.9 Å². The van der Waals surface area contributed by atoms with Gasteiger partial charge in [0.1, 0.15) is 11.5 Å². The summed E-state index contributed by atoms with van der Waals surface area (Å²) >= 11 is 1.64. The number of nitrogens with one attached hydrogen (secondary N) is 1. The Morgan fingerprint density at radius 2 is 1.50 bits per heavy atom. The van der Waals surface area contributed by atoms with Crippen LogP contribution in [0, 0.1) is 5.92 Å². The van der Waals surface area contributed by atoms with E-state index in [0.717, 1.165) is 4.88 Å². The van der Waals surface area contributed by atoms with Gasteiger partial charge in [0.15, 0.2) is 0 Å². The Kier molecular flexibility index (Phi) is 6.11. The van der Waals surface area contributed by atoms with Crippen LogP contribution in [0.2, 0.25) is 0 Å². The van der Waals surface area contributed by atoms with Gasteiger partial charge in [0.05, 0.1) is 6.04 Å². The highest BCUT2D eigenvalue weighted by Crippen LogP contribution is 2.27. The fourth-order valence-corrected chi connectivity index (χ4v) is 3.71. The van der Waals surface area contributed by atoms with Gasteiger partial charge in [0, 0.05) is 16.0 Å². The minimum absolute atomic E-state index is 0.0211. The lowest BCUT2D eigenvalue weighted by molar-refractivity contribution is 0.0925. The van der Waals surface area contributed by atoms with Gasteiger partial charge >= 0.3 is 0 Å². The molecule has 6 heteroatoms. The van der Waals surface area contributed by atoms with E-state index in [4.69, 9.17) is 10.5 Å². The first-order valence-corrected chi connectivity index (χ1v) is 9.84. The molecule has 1 unspecified atom stereocenters. The van der Waals surface area contributed by atoms with Crippen LogP contribution in [0.5, 0.6) is 11.5 Å². The fourth-order valence-electron chi connectivity index (χ4n) is 2.76. The number of rotatable bonds is 7. The van der Waals surface area contributed by atoms with Gasteiger partial charge in [0.25, 0.3) is 5.91 Å². The topological polar surface area (TPSA) is 81.4 Å². The molecule has 3 aromatic rings. The third kappa shape index (κ3) is 4.78. The zero-order chi connectivity index (χ0) is 20.1. The van der Waals surface area contributed by atoms with E-state index in [-0.39, 0.29) is 17.9 Å². The van der Waals surface area contributed by atoms with Gasteiger partial charge < -0.3 is 15.8 Å². The number of thiophene rings is 1. The fraction of sp³-hybridized carbons (Fsp3) is 0.182. The molecule has 28 heavy (non-hydrogen) atoms. The second kappa shape index (κ2) is 8.71. The lowest BCUT2D eigenvalue weighted by Gasteiger charge is -2.21. The smallest absolute Gasteiger partial charge is 0.251 e. The molecule has 1 aromatic heterocycles. The molecular weight excluding hydrogens is 372 g/mol. The number of nitrogens with two attached hydrogens (primary N) is 1. The summed E-state index contributed by atoms with van der Waals surface area (Å²) in [5.74, 6) is 0.865. The molecule has 2 aromatic carbocycles. The van der Waals surface area contributed by atoms with Gasteiger partial charge in [-0.15, -0.1) is 11.3 Å². The molecule has 144 valence electrons. The van der Waals surface area contributed by atoms with Crippen LogP contribution >= 0.6 is 11.3 Å². The predicted molar refractivity (Wildman–Crippen MR) is 111 cm³/mol. The van der Waals surface area contributed by atoms with Crippen LogP contribution in [-0.4, -0.2) is 11.8 Å². The maximum absolute atomic E-state index is 12.6. The SMILES string of the molecule is CC(C)C(NC(=O)c1ccc(Oc2ccc(C(N)=O)cc2)cc1)c1cccs1. The number of primary amides is 1. The van der Waals surface area contributed by atoms with Gasteiger partial charge in [-0.05, 0) is 65.9 Å². The molecule has 0 bridgehead atoms. The number of amides is 2. The molecule has 3 rings (SSSR count). The first kappa shape index (κ1) is 19.6. The number of benzene rings is 2. The number of carbonyl (C=O) groups is 2. The van der Waals surface area contributed by atoms with Crippen molar-refractivity contribution < 1.29 is 14.3 Å². The Morgan fingerprint density at radius 1 is 0.929 bits per heavy atom. The number of hydrogen-bond acceptors (Lipinski definition) is 4. The molecule has 1 atom stereocenters. The first-order valence-electron chi connectivity index (χ1n) is 8.96. The van der Waals surface area contributed by atoms with E-state index in [9.17, 15) is 9.59 Å². The van der Waals surface area contributed by atoms with Gasteiger partial charge in [-0.3, -0.25) is 9.59 Å². The second-order valence-electron chi connectivity index (χ2n) is 6.73. The van der Waals surface area contributed by atoms with E-state index in [0.29, 0.717) is 22.6 Å². The standard InChI is InChI=1S/C22H22N2O3S/c1-14(2)20(19-4-3-13-28-19)24-22(26)16-7-11-18(12-8-16)27-17-9-5-15(6-10-17)21(23)25/h3-14,20H,1-2H3,(H2,23,25)(H,24,26). The average molecular weight is 394 g/mol. The third-order valence-corrected chi connectivity index (χ3v) is 5.25. The van der Waals surface area contributed by atoms with E-state index < -0.39 is 5.91 Å². The largest absolute Gasteiger partial charge is 0.457 e. The number of hydrogen-bond donors (Lipinski definition) is 2. The van der Waals surface area contributed by atoms with Gasteiger partial charge in [0.2, 0.25) is 5.91 Å². The highest BCUT2D eigenvalue weighted by molar-refractivity contribution is 7.10. The van der Waals surface area contributed by atoms with E-state index in [1.165, 1.54) is 0 Å². The molecule has 1 heterocycles. The van der Waals surface area contributed by atoms with Crippen molar-refractivity contribution in [3.05, 3.63) is 82.0 Å². The second-order valence-corrected chi connectivity index (χ2v) is 7.70. The summed E-state index contributed by atoms with van der Waals surface area (Å²) < 4.78 is 5.74. The molecule has 0 fully saturated rings. The quantitative estimate of drug-likeness (QED) is 0.606. The first-order chi connectivity index (χ1) is 13.4. The van der Waals surface area contributed by atoms with E-state index >= 15 is 0 Å². The van der Waals surface area contributed by atoms with Crippen LogP contribution in [0.4, 0.5) is 0 Å². The summed E-state index contributed by atoms with van der Waals surface area (Å²) in [5, 5.41) is 5.12. The molecule has 5 nitrogen and oxygen atoms in total. The zero-order valence-electron chi connectivity index (χ0n) is 15.7.